The molecule has 1 aromatic heterocycles. The van der Waals surface area contributed by atoms with Crippen LogP contribution in [-0.4, -0.2) is 29.9 Å². The third-order valence-corrected chi connectivity index (χ3v) is 4.92. The highest BCUT2D eigenvalue weighted by molar-refractivity contribution is 5.98. The fraction of sp³-hybridized carbons (Fsp3) is 0.190. The van der Waals surface area contributed by atoms with Crippen LogP contribution in [0.2, 0.25) is 0 Å². The Hall–Kier alpha value is -3.28. The summed E-state index contributed by atoms with van der Waals surface area (Å²) >= 11 is 0. The largest absolute Gasteiger partial charge is 0.493 e. The molecule has 0 fully saturated rings. The monoisotopic (exact) mass is 367 g/mol. The average Bonchev–Trinajstić information content (AvgIpc) is 3.07. The molecule has 0 saturated carbocycles. The van der Waals surface area contributed by atoms with E-state index in [4.69, 9.17) is 9.47 Å². The molecular weight excluding hydrogens is 349 g/mol. The highest BCUT2D eigenvalue weighted by atomic mass is 19.1. The number of fused-ring (bicyclic) bond motifs is 3. The van der Waals surface area contributed by atoms with E-state index in [0.717, 1.165) is 16.8 Å². The summed E-state index contributed by atoms with van der Waals surface area (Å²) in [5.41, 5.74) is 3.93. The Morgan fingerprint density at radius 2 is 1.85 bits per heavy atom. The SMILES string of the molecule is COc1cc2c(cc1OC)-c1cc(C(=O)O)c(-c3cccc(F)c3)n1CC2. The fourth-order valence-corrected chi connectivity index (χ4v) is 3.71. The van der Waals surface area contributed by atoms with Gasteiger partial charge in [-0.1, -0.05) is 12.1 Å². The molecule has 4 rings (SSSR count). The summed E-state index contributed by atoms with van der Waals surface area (Å²) in [6.07, 6.45) is 0.707. The molecule has 6 heteroatoms. The lowest BCUT2D eigenvalue weighted by Crippen LogP contribution is -2.12. The van der Waals surface area contributed by atoms with Gasteiger partial charge in [0.25, 0.3) is 0 Å². The number of hydrogen-bond acceptors (Lipinski definition) is 3. The third kappa shape index (κ3) is 2.73. The number of aromatic carboxylic acids is 1. The number of ether oxygens (including phenoxy) is 2. The van der Waals surface area contributed by atoms with Gasteiger partial charge in [-0.15, -0.1) is 0 Å². The van der Waals surface area contributed by atoms with Crippen LogP contribution in [0.25, 0.3) is 22.5 Å². The topological polar surface area (TPSA) is 60.7 Å². The van der Waals surface area contributed by atoms with Crippen molar-refractivity contribution in [2.75, 3.05) is 14.2 Å². The highest BCUT2D eigenvalue weighted by Gasteiger charge is 2.27. The van der Waals surface area contributed by atoms with Crippen LogP contribution in [0, 0.1) is 5.82 Å². The fourth-order valence-electron chi connectivity index (χ4n) is 3.71. The Morgan fingerprint density at radius 1 is 1.11 bits per heavy atom. The molecule has 1 aliphatic heterocycles. The number of hydrogen-bond donors (Lipinski definition) is 1. The smallest absolute Gasteiger partial charge is 0.337 e. The van der Waals surface area contributed by atoms with E-state index >= 15 is 0 Å². The van der Waals surface area contributed by atoms with Gasteiger partial charge in [-0.25, -0.2) is 9.18 Å². The second-order valence-electron chi connectivity index (χ2n) is 6.37. The number of carboxylic acids is 1. The second kappa shape index (κ2) is 6.46. The molecule has 0 radical (unpaired) electrons. The summed E-state index contributed by atoms with van der Waals surface area (Å²) in [4.78, 5) is 11.9. The van der Waals surface area contributed by atoms with Gasteiger partial charge in [0, 0.05) is 23.4 Å². The average molecular weight is 367 g/mol. The van der Waals surface area contributed by atoms with E-state index < -0.39 is 11.8 Å². The van der Waals surface area contributed by atoms with Gasteiger partial charge in [-0.05, 0) is 42.3 Å². The van der Waals surface area contributed by atoms with E-state index in [2.05, 4.69) is 0 Å². The first-order chi connectivity index (χ1) is 13.0. The van der Waals surface area contributed by atoms with Gasteiger partial charge >= 0.3 is 5.97 Å². The summed E-state index contributed by atoms with van der Waals surface area (Å²) in [5, 5.41) is 9.72. The minimum atomic E-state index is -1.04. The Kier molecular flexibility index (Phi) is 4.11. The quantitative estimate of drug-likeness (QED) is 0.750. The van der Waals surface area contributed by atoms with Gasteiger partial charge in [0.1, 0.15) is 5.82 Å². The number of halogens is 1. The summed E-state index contributed by atoms with van der Waals surface area (Å²) in [6, 6.07) is 11.4. The van der Waals surface area contributed by atoms with E-state index in [0.29, 0.717) is 35.7 Å². The van der Waals surface area contributed by atoms with E-state index in [-0.39, 0.29) is 5.56 Å². The molecule has 0 amide bonds. The Balaban J connectivity index is 1.98. The molecule has 138 valence electrons. The molecule has 0 atom stereocenters. The lowest BCUT2D eigenvalue weighted by Gasteiger charge is -2.23. The van der Waals surface area contributed by atoms with Crippen LogP contribution < -0.4 is 9.47 Å². The molecule has 3 aromatic rings. The van der Waals surface area contributed by atoms with Crippen LogP contribution in [-0.2, 0) is 13.0 Å². The van der Waals surface area contributed by atoms with Crippen molar-refractivity contribution in [2.24, 2.45) is 0 Å². The molecule has 5 nitrogen and oxygen atoms in total. The third-order valence-electron chi connectivity index (χ3n) is 4.92. The minimum Gasteiger partial charge on any atom is -0.493 e. The van der Waals surface area contributed by atoms with Crippen LogP contribution in [0.1, 0.15) is 15.9 Å². The Labute approximate surface area is 155 Å². The minimum absolute atomic E-state index is 0.151. The van der Waals surface area contributed by atoms with Crippen LogP contribution in [0.3, 0.4) is 0 Å². The summed E-state index contributed by atoms with van der Waals surface area (Å²) in [6.45, 7) is 0.594. The number of rotatable bonds is 4. The summed E-state index contributed by atoms with van der Waals surface area (Å²) in [5.74, 6) is -0.227. The number of carboxylic acid groups (broad SMARTS) is 1. The van der Waals surface area contributed by atoms with Crippen LogP contribution in [0.15, 0.2) is 42.5 Å². The lowest BCUT2D eigenvalue weighted by atomic mass is 9.97. The molecule has 0 saturated heterocycles. The van der Waals surface area contributed by atoms with Gasteiger partial charge < -0.3 is 19.1 Å². The van der Waals surface area contributed by atoms with Gasteiger partial charge in [0.15, 0.2) is 11.5 Å². The zero-order valence-corrected chi connectivity index (χ0v) is 15.0. The number of nitrogens with zero attached hydrogens (tertiary/aromatic N) is 1. The van der Waals surface area contributed by atoms with Gasteiger partial charge in [-0.2, -0.15) is 0 Å². The first kappa shape index (κ1) is 17.1. The summed E-state index contributed by atoms with van der Waals surface area (Å²) < 4.78 is 26.5. The molecule has 1 aliphatic rings. The summed E-state index contributed by atoms with van der Waals surface area (Å²) in [7, 11) is 3.15. The van der Waals surface area contributed by atoms with E-state index in [9.17, 15) is 14.3 Å². The van der Waals surface area contributed by atoms with Crippen LogP contribution >= 0.6 is 0 Å². The molecule has 0 unspecified atom stereocenters. The number of benzene rings is 2. The van der Waals surface area contributed by atoms with Crippen LogP contribution in [0.5, 0.6) is 11.5 Å². The standard InChI is InChI=1S/C21H18FNO4/c1-26-18-9-12-6-7-23-17(15(12)11-19(18)27-2)10-16(21(24)25)20(23)13-4-3-5-14(22)8-13/h3-5,8-11H,6-7H2,1-2H3,(H,24,25). The van der Waals surface area contributed by atoms with Gasteiger partial charge in [0.2, 0.25) is 0 Å². The molecular formula is C21H18FNO4. The van der Waals surface area contributed by atoms with E-state index in [1.54, 1.807) is 32.4 Å². The Bertz CT molecular complexity index is 1050. The van der Waals surface area contributed by atoms with Crippen molar-refractivity contribution >= 4 is 5.97 Å². The van der Waals surface area contributed by atoms with E-state index in [1.165, 1.54) is 12.1 Å². The van der Waals surface area contributed by atoms with E-state index in [1.807, 2.05) is 16.7 Å². The maximum Gasteiger partial charge on any atom is 0.337 e. The van der Waals surface area contributed by atoms with Gasteiger partial charge in [-0.3, -0.25) is 0 Å². The first-order valence-electron chi connectivity index (χ1n) is 8.51. The van der Waals surface area contributed by atoms with Crippen molar-refractivity contribution in [3.63, 3.8) is 0 Å². The van der Waals surface area contributed by atoms with Crippen molar-refractivity contribution in [2.45, 2.75) is 13.0 Å². The highest BCUT2D eigenvalue weighted by Crippen LogP contribution is 2.42. The molecule has 0 bridgehead atoms. The van der Waals surface area contributed by atoms with Gasteiger partial charge in [0.05, 0.1) is 25.5 Å². The second-order valence-corrected chi connectivity index (χ2v) is 6.37. The van der Waals surface area contributed by atoms with Crippen molar-refractivity contribution in [3.05, 3.63) is 59.4 Å². The molecule has 0 aliphatic carbocycles. The van der Waals surface area contributed by atoms with Crippen LogP contribution in [0.4, 0.5) is 4.39 Å². The van der Waals surface area contributed by atoms with Crippen molar-refractivity contribution in [1.82, 2.24) is 4.57 Å². The normalized spacial score (nSPS) is 12.3. The Morgan fingerprint density at radius 3 is 2.52 bits per heavy atom. The number of carbonyl (C=O) groups is 1. The van der Waals surface area contributed by atoms with Crippen molar-refractivity contribution < 1.29 is 23.8 Å². The zero-order valence-electron chi connectivity index (χ0n) is 15.0. The number of aromatic nitrogens is 1. The maximum absolute atomic E-state index is 13.8. The number of aryl methyl sites for hydroxylation is 1. The molecule has 2 heterocycles. The maximum atomic E-state index is 13.8. The molecule has 0 spiro atoms. The predicted octanol–water partition coefficient (Wildman–Crippen LogP) is 4.23. The van der Waals surface area contributed by atoms with Crippen molar-refractivity contribution in [3.8, 4) is 34.0 Å². The first-order valence-corrected chi connectivity index (χ1v) is 8.51. The zero-order chi connectivity index (χ0) is 19.1. The lowest BCUT2D eigenvalue weighted by molar-refractivity contribution is 0.0697. The molecule has 2 aromatic carbocycles. The molecule has 27 heavy (non-hydrogen) atoms. The number of methoxy groups -OCH3 is 2. The molecule has 1 N–H and O–H groups in total. The van der Waals surface area contributed by atoms with Crippen molar-refractivity contribution in [1.29, 1.82) is 0 Å². The predicted molar refractivity (Wildman–Crippen MR) is 99.0 cm³/mol.